The Labute approximate surface area is 207 Å². The third kappa shape index (κ3) is 5.38. The summed E-state index contributed by atoms with van der Waals surface area (Å²) in [6, 6.07) is 0. The molecule has 35 heavy (non-hydrogen) atoms. The van der Waals surface area contributed by atoms with Crippen LogP contribution in [0.4, 0.5) is 0 Å². The van der Waals surface area contributed by atoms with Gasteiger partial charge in [-0.1, -0.05) is 24.3 Å². The first-order chi connectivity index (χ1) is 16.3. The predicted molar refractivity (Wildman–Crippen MR) is 128 cm³/mol. The summed E-state index contributed by atoms with van der Waals surface area (Å²) in [5.74, 6) is -1.79. The van der Waals surface area contributed by atoms with E-state index in [4.69, 9.17) is 23.7 Å². The lowest BCUT2D eigenvalue weighted by atomic mass is 9.77. The SMILES string of the molecule is C=C(C)[C@H]1C[C@H]2O[C@]2(C)[C@@H](OC(=O)/C(C)=C\C)C[C@@H]2O[C@]2(C)[C@@H](OC(C)=O)[C@H]1OC(=O)/C(C)=C\C. The number of carbonyl (C=O) groups is 3. The number of rotatable bonds is 6. The molecule has 0 amide bonds. The fourth-order valence-electron chi connectivity index (χ4n) is 4.80. The number of fused-ring (bicyclic) bond motifs is 2. The smallest absolute Gasteiger partial charge is 0.333 e. The standard InChI is InChI=1S/C27H38O8/c1-10-15(5)24(29)32-19-13-21-27(9,35-21)23(31-17(7)28)22(33-25(30)16(6)11-2)18(14(3)4)12-20-26(19,8)34-20/h10-11,18-23H,3,12-13H2,1-2,4-9H3/b15-10-,16-11-/t18-,19+,20-,21+,22+,23+,26-,27+/m1/s1. The summed E-state index contributed by atoms with van der Waals surface area (Å²) in [6.07, 6.45) is 1.25. The van der Waals surface area contributed by atoms with Crippen molar-refractivity contribution >= 4 is 17.9 Å². The van der Waals surface area contributed by atoms with Crippen LogP contribution >= 0.6 is 0 Å². The highest BCUT2D eigenvalue weighted by molar-refractivity contribution is 5.88. The molecule has 2 saturated heterocycles. The first-order valence-corrected chi connectivity index (χ1v) is 12.1. The van der Waals surface area contributed by atoms with E-state index in [1.807, 2.05) is 20.8 Å². The van der Waals surface area contributed by atoms with Gasteiger partial charge in [-0.25, -0.2) is 9.59 Å². The van der Waals surface area contributed by atoms with Crippen LogP contribution in [0.2, 0.25) is 0 Å². The van der Waals surface area contributed by atoms with E-state index in [2.05, 4.69) is 6.58 Å². The van der Waals surface area contributed by atoms with E-state index in [9.17, 15) is 14.4 Å². The maximum Gasteiger partial charge on any atom is 0.333 e. The van der Waals surface area contributed by atoms with E-state index in [1.54, 1.807) is 39.8 Å². The van der Waals surface area contributed by atoms with Crippen LogP contribution in [0.15, 0.2) is 35.5 Å². The minimum Gasteiger partial charge on any atom is -0.456 e. The molecule has 8 heteroatoms. The third-order valence-corrected chi connectivity index (χ3v) is 7.68. The molecule has 0 aromatic rings. The monoisotopic (exact) mass is 490 g/mol. The van der Waals surface area contributed by atoms with Gasteiger partial charge in [-0.2, -0.15) is 0 Å². The minimum atomic E-state index is -0.938. The second kappa shape index (κ2) is 9.90. The van der Waals surface area contributed by atoms with E-state index in [1.165, 1.54) is 6.92 Å². The molecule has 2 aliphatic heterocycles. The minimum absolute atomic E-state index is 0.266. The van der Waals surface area contributed by atoms with E-state index in [-0.39, 0.29) is 12.0 Å². The summed E-state index contributed by atoms with van der Waals surface area (Å²) in [4.78, 5) is 37.6. The number of esters is 3. The Morgan fingerprint density at radius 3 is 1.86 bits per heavy atom. The molecule has 8 atom stereocenters. The summed E-state index contributed by atoms with van der Waals surface area (Å²) < 4.78 is 29.9. The van der Waals surface area contributed by atoms with E-state index in [0.29, 0.717) is 24.0 Å². The van der Waals surface area contributed by atoms with Crippen molar-refractivity contribution in [2.75, 3.05) is 0 Å². The van der Waals surface area contributed by atoms with Crippen LogP contribution < -0.4 is 0 Å². The average molecular weight is 491 g/mol. The Balaban J connectivity index is 2.02. The van der Waals surface area contributed by atoms with Crippen LogP contribution in [-0.2, 0) is 38.1 Å². The van der Waals surface area contributed by atoms with Gasteiger partial charge in [0.15, 0.2) is 6.10 Å². The second-order valence-corrected chi connectivity index (χ2v) is 10.2. The van der Waals surface area contributed by atoms with Gasteiger partial charge >= 0.3 is 17.9 Å². The van der Waals surface area contributed by atoms with Crippen molar-refractivity contribution < 1.29 is 38.1 Å². The summed E-state index contributed by atoms with van der Waals surface area (Å²) >= 11 is 0. The maximum atomic E-state index is 12.8. The van der Waals surface area contributed by atoms with Crippen molar-refractivity contribution in [1.29, 1.82) is 0 Å². The molecular weight excluding hydrogens is 452 g/mol. The zero-order chi connectivity index (χ0) is 26.3. The molecule has 1 aliphatic carbocycles. The lowest BCUT2D eigenvalue weighted by molar-refractivity contribution is -0.174. The topological polar surface area (TPSA) is 104 Å². The molecule has 0 N–H and O–H groups in total. The van der Waals surface area contributed by atoms with Crippen LogP contribution in [0.25, 0.3) is 0 Å². The molecule has 3 rings (SSSR count). The van der Waals surface area contributed by atoms with Crippen LogP contribution in [0.3, 0.4) is 0 Å². The third-order valence-electron chi connectivity index (χ3n) is 7.68. The Morgan fingerprint density at radius 1 is 0.829 bits per heavy atom. The van der Waals surface area contributed by atoms with Crippen LogP contribution in [0, 0.1) is 5.92 Å². The molecule has 3 aliphatic rings. The van der Waals surface area contributed by atoms with Crippen molar-refractivity contribution in [2.24, 2.45) is 5.92 Å². The van der Waals surface area contributed by atoms with Gasteiger partial charge in [-0.05, 0) is 54.9 Å². The Morgan fingerprint density at radius 2 is 1.34 bits per heavy atom. The normalized spacial score (nSPS) is 38.9. The van der Waals surface area contributed by atoms with Crippen molar-refractivity contribution in [3.8, 4) is 0 Å². The van der Waals surface area contributed by atoms with Gasteiger partial charge in [0, 0.05) is 30.4 Å². The molecule has 8 nitrogen and oxygen atoms in total. The maximum absolute atomic E-state index is 12.8. The number of hydrogen-bond donors (Lipinski definition) is 0. The highest BCUT2D eigenvalue weighted by Gasteiger charge is 2.69. The summed E-state index contributed by atoms with van der Waals surface area (Å²) in [5, 5.41) is 0. The summed E-state index contributed by atoms with van der Waals surface area (Å²) in [5.41, 5.74) is 0.0575. The van der Waals surface area contributed by atoms with Gasteiger partial charge in [0.2, 0.25) is 0 Å². The van der Waals surface area contributed by atoms with Gasteiger partial charge in [-0.15, -0.1) is 0 Å². The quantitative estimate of drug-likeness (QED) is 0.181. The Bertz CT molecular complexity index is 964. The Hall–Kier alpha value is -2.45. The van der Waals surface area contributed by atoms with Crippen LogP contribution in [-0.4, -0.2) is 59.6 Å². The molecule has 3 fully saturated rings. The van der Waals surface area contributed by atoms with Crippen molar-refractivity contribution in [1.82, 2.24) is 0 Å². The molecule has 0 spiro atoms. The van der Waals surface area contributed by atoms with Crippen LogP contribution in [0.5, 0.6) is 0 Å². The van der Waals surface area contributed by atoms with E-state index in [0.717, 1.165) is 5.57 Å². The van der Waals surface area contributed by atoms with Crippen molar-refractivity contribution in [3.05, 3.63) is 35.5 Å². The highest BCUT2D eigenvalue weighted by atomic mass is 16.7. The summed E-state index contributed by atoms with van der Waals surface area (Å²) in [7, 11) is 0. The number of allylic oxidation sites excluding steroid dienone is 2. The molecule has 0 radical (unpaired) electrons. The van der Waals surface area contributed by atoms with Crippen LogP contribution in [0.1, 0.15) is 68.2 Å². The predicted octanol–water partition coefficient (Wildman–Crippen LogP) is 3.98. The van der Waals surface area contributed by atoms with E-state index >= 15 is 0 Å². The van der Waals surface area contributed by atoms with Gasteiger partial charge in [0.25, 0.3) is 0 Å². The molecule has 0 bridgehead atoms. The molecule has 0 unspecified atom stereocenters. The summed E-state index contributed by atoms with van der Waals surface area (Å²) in [6.45, 7) is 18.0. The first kappa shape index (κ1) is 27.1. The number of carbonyl (C=O) groups excluding carboxylic acids is 3. The van der Waals surface area contributed by atoms with Gasteiger partial charge in [-0.3, -0.25) is 4.79 Å². The molecule has 1 saturated carbocycles. The molecule has 0 aromatic heterocycles. The van der Waals surface area contributed by atoms with Crippen molar-refractivity contribution in [2.45, 2.75) is 110 Å². The number of ether oxygens (including phenoxy) is 5. The zero-order valence-electron chi connectivity index (χ0n) is 22.0. The lowest BCUT2D eigenvalue weighted by Gasteiger charge is -2.36. The molecular formula is C27H38O8. The fraction of sp³-hybridized carbons (Fsp3) is 0.667. The number of hydrogen-bond acceptors (Lipinski definition) is 8. The van der Waals surface area contributed by atoms with Gasteiger partial charge in [0.1, 0.15) is 23.4 Å². The highest BCUT2D eigenvalue weighted by Crippen LogP contribution is 2.54. The molecule has 0 aromatic carbocycles. The second-order valence-electron chi connectivity index (χ2n) is 10.2. The zero-order valence-corrected chi connectivity index (χ0v) is 22.0. The van der Waals surface area contributed by atoms with E-state index < -0.39 is 53.5 Å². The largest absolute Gasteiger partial charge is 0.456 e. The first-order valence-electron chi connectivity index (χ1n) is 12.1. The average Bonchev–Trinajstić information content (AvgIpc) is 3.66. The Kier molecular flexibility index (Phi) is 7.67. The van der Waals surface area contributed by atoms with Crippen molar-refractivity contribution in [3.63, 3.8) is 0 Å². The number of epoxide rings is 2. The fourth-order valence-corrected chi connectivity index (χ4v) is 4.80. The van der Waals surface area contributed by atoms with Gasteiger partial charge in [0.05, 0.1) is 12.2 Å². The molecule has 194 valence electrons. The van der Waals surface area contributed by atoms with Gasteiger partial charge < -0.3 is 23.7 Å². The molecule has 2 heterocycles. The lowest BCUT2D eigenvalue weighted by Crippen LogP contribution is -2.51.